The van der Waals surface area contributed by atoms with E-state index in [9.17, 15) is 9.59 Å². The summed E-state index contributed by atoms with van der Waals surface area (Å²) in [6.45, 7) is 0. The Bertz CT molecular complexity index is 575. The Morgan fingerprint density at radius 3 is 2.30 bits per heavy atom. The Kier molecular flexibility index (Phi) is 6.14. The molecule has 3 N–H and O–H groups in total. The molecule has 1 aromatic rings. The Hall–Kier alpha value is -2.37. The monoisotopic (exact) mass is 318 g/mol. The van der Waals surface area contributed by atoms with E-state index in [4.69, 9.17) is 10.3 Å². The average Bonchev–Trinajstić information content (AvgIpc) is 2.57. The van der Waals surface area contributed by atoms with Gasteiger partial charge >= 0.3 is 5.97 Å². The van der Waals surface area contributed by atoms with E-state index in [1.54, 1.807) is 24.3 Å². The molecular formula is C17H22N2O4. The van der Waals surface area contributed by atoms with Gasteiger partial charge in [0.2, 0.25) is 5.91 Å². The summed E-state index contributed by atoms with van der Waals surface area (Å²) in [6, 6.07) is 6.91. The van der Waals surface area contributed by atoms with Gasteiger partial charge in [0, 0.05) is 18.0 Å². The summed E-state index contributed by atoms with van der Waals surface area (Å²) < 4.78 is 0. The molecule has 0 heterocycles. The second-order valence-corrected chi connectivity index (χ2v) is 5.84. The molecule has 1 fully saturated rings. The number of aliphatic carboxylic acids is 1. The average molecular weight is 318 g/mol. The fourth-order valence-electron chi connectivity index (χ4n) is 2.83. The van der Waals surface area contributed by atoms with Crippen molar-refractivity contribution in [2.45, 2.75) is 44.9 Å². The molecular weight excluding hydrogens is 296 g/mol. The lowest BCUT2D eigenvalue weighted by atomic mass is 9.88. The van der Waals surface area contributed by atoms with Crippen LogP contribution in [0.15, 0.2) is 29.4 Å². The first-order valence-electron chi connectivity index (χ1n) is 7.94. The van der Waals surface area contributed by atoms with Gasteiger partial charge in [-0.3, -0.25) is 9.59 Å². The van der Waals surface area contributed by atoms with Gasteiger partial charge in [-0.1, -0.05) is 36.6 Å². The van der Waals surface area contributed by atoms with E-state index in [-0.39, 0.29) is 24.7 Å². The predicted octanol–water partition coefficient (Wildman–Crippen LogP) is 3.25. The highest BCUT2D eigenvalue weighted by molar-refractivity contribution is 6.02. The zero-order chi connectivity index (χ0) is 16.7. The number of hydrogen-bond acceptors (Lipinski definition) is 4. The van der Waals surface area contributed by atoms with E-state index in [0.717, 1.165) is 25.7 Å². The summed E-state index contributed by atoms with van der Waals surface area (Å²) in [6.07, 6.45) is 5.37. The van der Waals surface area contributed by atoms with Crippen LogP contribution in [-0.4, -0.2) is 27.9 Å². The lowest BCUT2D eigenvalue weighted by Crippen LogP contribution is -2.24. The number of anilines is 1. The molecule has 1 aliphatic carbocycles. The van der Waals surface area contributed by atoms with Gasteiger partial charge in [-0.15, -0.1) is 0 Å². The number of hydrogen-bond donors (Lipinski definition) is 3. The number of benzene rings is 1. The lowest BCUT2D eigenvalue weighted by molar-refractivity contribution is -0.136. The molecule has 1 aliphatic rings. The molecule has 2 rings (SSSR count). The minimum atomic E-state index is -0.942. The normalized spacial score (nSPS) is 16.1. The minimum Gasteiger partial charge on any atom is -0.481 e. The maximum absolute atomic E-state index is 12.2. The van der Waals surface area contributed by atoms with Crippen molar-refractivity contribution in [2.24, 2.45) is 11.1 Å². The lowest BCUT2D eigenvalue weighted by Gasteiger charge is -2.20. The van der Waals surface area contributed by atoms with Crippen LogP contribution in [0.3, 0.4) is 0 Å². The number of carbonyl (C=O) groups excluding carboxylic acids is 1. The molecule has 0 saturated heterocycles. The summed E-state index contributed by atoms with van der Waals surface area (Å²) >= 11 is 0. The summed E-state index contributed by atoms with van der Waals surface area (Å²) in [5.74, 6) is -0.796. The van der Waals surface area contributed by atoms with E-state index in [2.05, 4.69) is 10.5 Å². The topological polar surface area (TPSA) is 99.0 Å². The van der Waals surface area contributed by atoms with E-state index in [1.165, 1.54) is 6.42 Å². The molecule has 0 spiro atoms. The fourth-order valence-corrected chi connectivity index (χ4v) is 2.83. The smallest absolute Gasteiger partial charge is 0.303 e. The quantitative estimate of drug-likeness (QED) is 0.426. The Balaban J connectivity index is 1.95. The molecule has 0 aliphatic heterocycles. The van der Waals surface area contributed by atoms with Gasteiger partial charge in [0.05, 0.1) is 12.1 Å². The van der Waals surface area contributed by atoms with E-state index < -0.39 is 5.97 Å². The standard InChI is InChI=1S/C17H22N2O4/c20-16(21)11-10-15(19-23)12-6-8-14(9-7-12)18-17(22)13-4-2-1-3-5-13/h6-9,13,23H,1-5,10-11H2,(H,18,22)(H,20,21). The maximum Gasteiger partial charge on any atom is 0.303 e. The van der Waals surface area contributed by atoms with E-state index in [1.807, 2.05) is 0 Å². The van der Waals surface area contributed by atoms with Crippen LogP contribution in [0.5, 0.6) is 0 Å². The summed E-state index contributed by atoms with van der Waals surface area (Å²) in [4.78, 5) is 22.8. The molecule has 0 unspecified atom stereocenters. The van der Waals surface area contributed by atoms with Gasteiger partial charge in [-0.25, -0.2) is 0 Å². The SMILES string of the molecule is O=C(O)CCC(=NO)c1ccc(NC(=O)C2CCCCC2)cc1. The molecule has 0 bridgehead atoms. The van der Waals surface area contributed by atoms with Crippen molar-refractivity contribution >= 4 is 23.3 Å². The van der Waals surface area contributed by atoms with Crippen molar-refractivity contribution in [1.82, 2.24) is 0 Å². The Morgan fingerprint density at radius 1 is 1.09 bits per heavy atom. The number of amides is 1. The number of nitrogens with zero attached hydrogens (tertiary/aromatic N) is 1. The van der Waals surface area contributed by atoms with Crippen LogP contribution < -0.4 is 5.32 Å². The number of carboxylic acids is 1. The summed E-state index contributed by atoms with van der Waals surface area (Å²) in [5.41, 5.74) is 1.65. The van der Waals surface area contributed by atoms with Gasteiger partial charge in [-0.05, 0) is 30.5 Å². The van der Waals surface area contributed by atoms with Crippen molar-refractivity contribution in [3.63, 3.8) is 0 Å². The fraction of sp³-hybridized carbons (Fsp3) is 0.471. The van der Waals surface area contributed by atoms with Crippen LogP contribution in [0.4, 0.5) is 5.69 Å². The van der Waals surface area contributed by atoms with Gasteiger partial charge in [0.25, 0.3) is 0 Å². The molecule has 1 saturated carbocycles. The first-order valence-corrected chi connectivity index (χ1v) is 7.94. The van der Waals surface area contributed by atoms with Gasteiger partial charge in [-0.2, -0.15) is 0 Å². The van der Waals surface area contributed by atoms with Crippen LogP contribution in [0.2, 0.25) is 0 Å². The van der Waals surface area contributed by atoms with Crippen LogP contribution >= 0.6 is 0 Å². The van der Waals surface area contributed by atoms with Crippen LogP contribution in [0, 0.1) is 5.92 Å². The predicted molar refractivity (Wildman–Crippen MR) is 86.8 cm³/mol. The van der Waals surface area contributed by atoms with Crippen molar-refractivity contribution in [3.05, 3.63) is 29.8 Å². The van der Waals surface area contributed by atoms with E-state index >= 15 is 0 Å². The third-order valence-corrected chi connectivity index (χ3v) is 4.16. The van der Waals surface area contributed by atoms with Crippen LogP contribution in [0.1, 0.15) is 50.5 Å². The zero-order valence-corrected chi connectivity index (χ0v) is 13.0. The third kappa shape index (κ3) is 5.09. The molecule has 0 aromatic heterocycles. The molecule has 6 nitrogen and oxygen atoms in total. The number of nitrogens with one attached hydrogen (secondary N) is 1. The van der Waals surface area contributed by atoms with Crippen molar-refractivity contribution in [3.8, 4) is 0 Å². The van der Waals surface area contributed by atoms with Gasteiger partial charge in [0.15, 0.2) is 0 Å². The zero-order valence-electron chi connectivity index (χ0n) is 13.0. The van der Waals surface area contributed by atoms with Crippen LogP contribution in [0.25, 0.3) is 0 Å². The number of oxime groups is 1. The molecule has 1 amide bonds. The molecule has 23 heavy (non-hydrogen) atoms. The van der Waals surface area contributed by atoms with Crippen LogP contribution in [-0.2, 0) is 9.59 Å². The minimum absolute atomic E-state index is 0.0550. The summed E-state index contributed by atoms with van der Waals surface area (Å²) in [7, 11) is 0. The van der Waals surface area contributed by atoms with E-state index in [0.29, 0.717) is 17.0 Å². The maximum atomic E-state index is 12.2. The molecule has 124 valence electrons. The number of carboxylic acid groups (broad SMARTS) is 1. The first-order chi connectivity index (χ1) is 11.1. The number of carbonyl (C=O) groups is 2. The van der Waals surface area contributed by atoms with Crippen molar-refractivity contribution < 1.29 is 19.9 Å². The second-order valence-electron chi connectivity index (χ2n) is 5.84. The van der Waals surface area contributed by atoms with Gasteiger partial charge in [0.1, 0.15) is 0 Å². The first kappa shape index (κ1) is 17.0. The Morgan fingerprint density at radius 2 is 1.74 bits per heavy atom. The second kappa shape index (κ2) is 8.31. The molecule has 0 atom stereocenters. The molecule has 1 aromatic carbocycles. The largest absolute Gasteiger partial charge is 0.481 e. The molecule has 0 radical (unpaired) electrons. The highest BCUT2D eigenvalue weighted by atomic mass is 16.4. The van der Waals surface area contributed by atoms with Crippen molar-refractivity contribution in [1.29, 1.82) is 0 Å². The highest BCUT2D eigenvalue weighted by Crippen LogP contribution is 2.25. The van der Waals surface area contributed by atoms with Crippen molar-refractivity contribution in [2.75, 3.05) is 5.32 Å². The van der Waals surface area contributed by atoms with Gasteiger partial charge < -0.3 is 15.6 Å². The summed E-state index contributed by atoms with van der Waals surface area (Å²) in [5, 5.41) is 23.8. The molecule has 6 heteroatoms. The number of rotatable bonds is 6. The highest BCUT2D eigenvalue weighted by Gasteiger charge is 2.21. The Labute approximate surface area is 135 Å². The third-order valence-electron chi connectivity index (χ3n) is 4.16.